The minimum absolute atomic E-state index is 0.123. The Labute approximate surface area is 276 Å². The summed E-state index contributed by atoms with van der Waals surface area (Å²) in [6, 6.07) is 7.00. The number of hydrogen-bond donors (Lipinski definition) is 1. The van der Waals surface area contributed by atoms with E-state index >= 15 is 0 Å². The van der Waals surface area contributed by atoms with Crippen LogP contribution in [0.2, 0.25) is 0 Å². The van der Waals surface area contributed by atoms with Crippen LogP contribution >= 0.6 is 15.9 Å². The van der Waals surface area contributed by atoms with Crippen molar-refractivity contribution in [2.45, 2.75) is 87.8 Å². The summed E-state index contributed by atoms with van der Waals surface area (Å²) in [4.78, 5) is 48.0. The van der Waals surface area contributed by atoms with Crippen molar-refractivity contribution >= 4 is 45.1 Å². The van der Waals surface area contributed by atoms with Gasteiger partial charge in [0.2, 0.25) is 5.91 Å². The zero-order valence-electron chi connectivity index (χ0n) is 26.9. The van der Waals surface area contributed by atoms with E-state index in [9.17, 15) is 19.5 Å². The van der Waals surface area contributed by atoms with E-state index in [4.69, 9.17) is 9.47 Å². The Bertz CT molecular complexity index is 1190. The Morgan fingerprint density at radius 2 is 1.76 bits per heavy atom. The van der Waals surface area contributed by atoms with Gasteiger partial charge in [-0.25, -0.2) is 0 Å². The third-order valence-electron chi connectivity index (χ3n) is 9.52. The first-order valence-electron chi connectivity index (χ1n) is 16.6. The third-order valence-corrected chi connectivity index (χ3v) is 10.4. The number of nitrogens with zero attached hydrogens (tertiary/aromatic N) is 3. The van der Waals surface area contributed by atoms with Crippen molar-refractivity contribution in [3.8, 4) is 0 Å². The van der Waals surface area contributed by atoms with Crippen LogP contribution in [0.5, 0.6) is 0 Å². The number of carbonyl (C=O) groups is 3. The predicted molar refractivity (Wildman–Crippen MR) is 181 cm³/mol. The fourth-order valence-corrected chi connectivity index (χ4v) is 8.30. The van der Waals surface area contributed by atoms with Crippen molar-refractivity contribution in [3.63, 3.8) is 0 Å². The monoisotopic (exact) mass is 687 g/mol. The fourth-order valence-electron chi connectivity index (χ4n) is 7.36. The largest absolute Gasteiger partial charge is 0.465 e. The molecule has 3 aliphatic heterocycles. The lowest BCUT2D eigenvalue weighted by atomic mass is 9.70. The van der Waals surface area contributed by atoms with Gasteiger partial charge in [0.1, 0.15) is 11.6 Å². The van der Waals surface area contributed by atoms with Crippen molar-refractivity contribution in [3.05, 3.63) is 49.6 Å². The lowest BCUT2D eigenvalue weighted by Crippen LogP contribution is -2.57. The zero-order valence-corrected chi connectivity index (χ0v) is 28.5. The molecule has 2 bridgehead atoms. The van der Waals surface area contributed by atoms with E-state index in [0.717, 1.165) is 44.5 Å². The van der Waals surface area contributed by atoms with Crippen molar-refractivity contribution in [2.24, 2.45) is 11.8 Å². The SMILES string of the molecule is C=CCCCCOC(=O)[C@H]1[C@H]2C(=O)N(CCCCCCO)C(C(=O)N(CC=C)c3ccc(N(CC)CC)cc3)C23CC(Br)[C@@H]1O3. The number of anilines is 2. The molecule has 9 nitrogen and oxygen atoms in total. The van der Waals surface area contributed by atoms with Gasteiger partial charge >= 0.3 is 5.97 Å². The molecule has 3 saturated heterocycles. The van der Waals surface area contributed by atoms with Crippen LogP contribution < -0.4 is 9.80 Å². The van der Waals surface area contributed by atoms with Gasteiger partial charge in [-0.15, -0.1) is 13.2 Å². The number of likely N-dealkylation sites (tertiary alicyclic amines) is 1. The number of fused-ring (bicyclic) bond motifs is 1. The summed E-state index contributed by atoms with van der Waals surface area (Å²) < 4.78 is 12.4. The smallest absolute Gasteiger partial charge is 0.312 e. The average Bonchev–Trinajstić information content (AvgIpc) is 3.63. The molecular formula is C35H50BrN3O6. The molecule has 248 valence electrons. The van der Waals surface area contributed by atoms with Crippen molar-refractivity contribution in [2.75, 3.05) is 49.2 Å². The summed E-state index contributed by atoms with van der Waals surface area (Å²) in [5, 5.41) is 9.22. The van der Waals surface area contributed by atoms with Gasteiger partial charge in [-0.2, -0.15) is 0 Å². The molecule has 3 heterocycles. The quantitative estimate of drug-likeness (QED) is 0.0918. The first-order valence-corrected chi connectivity index (χ1v) is 17.5. The second-order valence-corrected chi connectivity index (χ2v) is 13.4. The second-order valence-electron chi connectivity index (χ2n) is 12.2. The normalized spacial score (nSPS) is 26.5. The molecule has 0 aromatic heterocycles. The number of ether oxygens (including phenoxy) is 2. The van der Waals surface area contributed by atoms with Crippen LogP contribution in [0.4, 0.5) is 11.4 Å². The van der Waals surface area contributed by atoms with E-state index in [-0.39, 0.29) is 36.4 Å². The molecule has 1 aromatic carbocycles. The van der Waals surface area contributed by atoms with Gasteiger partial charge in [-0.05, 0) is 76.6 Å². The number of allylic oxidation sites excluding steroid dienone is 1. The molecule has 0 aliphatic carbocycles. The maximum absolute atomic E-state index is 14.8. The Hall–Kier alpha value is -2.69. The van der Waals surface area contributed by atoms with Gasteiger partial charge in [0.15, 0.2) is 0 Å². The highest BCUT2D eigenvalue weighted by molar-refractivity contribution is 9.09. The summed E-state index contributed by atoms with van der Waals surface area (Å²) >= 11 is 3.74. The number of esters is 1. The molecule has 6 atom stereocenters. The van der Waals surface area contributed by atoms with Gasteiger partial charge < -0.3 is 29.3 Å². The number of hydrogen-bond acceptors (Lipinski definition) is 7. The fraction of sp³-hybridized carbons (Fsp3) is 0.629. The number of benzene rings is 1. The van der Waals surface area contributed by atoms with E-state index in [1.54, 1.807) is 15.9 Å². The number of carbonyl (C=O) groups excluding carboxylic acids is 3. The number of amides is 2. The van der Waals surface area contributed by atoms with Gasteiger partial charge in [0.05, 0.1) is 24.5 Å². The lowest BCUT2D eigenvalue weighted by molar-refractivity contribution is -0.155. The number of halogens is 1. The van der Waals surface area contributed by atoms with Crippen molar-refractivity contribution < 1.29 is 29.0 Å². The van der Waals surface area contributed by atoms with Crippen LogP contribution in [0, 0.1) is 11.8 Å². The highest BCUT2D eigenvalue weighted by Gasteiger charge is 2.77. The first-order chi connectivity index (χ1) is 21.8. The van der Waals surface area contributed by atoms with Gasteiger partial charge in [-0.1, -0.05) is 40.9 Å². The molecule has 4 rings (SSSR count). The van der Waals surface area contributed by atoms with E-state index < -0.39 is 35.6 Å². The van der Waals surface area contributed by atoms with E-state index in [2.05, 4.69) is 47.8 Å². The maximum atomic E-state index is 14.8. The molecule has 0 saturated carbocycles. The highest BCUT2D eigenvalue weighted by Crippen LogP contribution is 2.60. The summed E-state index contributed by atoms with van der Waals surface area (Å²) in [5.74, 6) is -2.48. The summed E-state index contributed by atoms with van der Waals surface area (Å²) in [6.07, 6.45) is 8.85. The molecule has 1 aromatic rings. The number of aliphatic hydroxyl groups excluding tert-OH is 1. The molecule has 45 heavy (non-hydrogen) atoms. The van der Waals surface area contributed by atoms with Crippen LogP contribution in [0.3, 0.4) is 0 Å². The standard InChI is InChI=1S/C35H50BrN3O6/c1-5-9-10-15-23-44-34(43)28-29-32(41)39(21-13-11-12-14-22-40)31(35(29)24-27(36)30(28)45-35)33(42)38(20-6-2)26-18-16-25(17-19-26)37(7-3)8-4/h5-6,16-19,27-31,40H,1-2,7-15,20-24H2,3-4H3/t27?,28-,29-,30-,31?,35?/m0/s1. The maximum Gasteiger partial charge on any atom is 0.312 e. The number of alkyl halides is 1. The van der Waals surface area contributed by atoms with Crippen LogP contribution in [-0.2, 0) is 23.9 Å². The molecular weight excluding hydrogens is 638 g/mol. The average molecular weight is 689 g/mol. The Morgan fingerprint density at radius 1 is 1.07 bits per heavy atom. The van der Waals surface area contributed by atoms with Crippen LogP contribution in [0.1, 0.15) is 65.2 Å². The summed E-state index contributed by atoms with van der Waals surface area (Å²) in [5.41, 5.74) is 0.634. The molecule has 1 N–H and O–H groups in total. The van der Waals surface area contributed by atoms with Crippen molar-refractivity contribution in [1.29, 1.82) is 0 Å². The Kier molecular flexibility index (Phi) is 12.7. The topological polar surface area (TPSA) is 99.6 Å². The molecule has 2 amide bonds. The van der Waals surface area contributed by atoms with Crippen LogP contribution in [-0.4, -0.2) is 89.8 Å². The van der Waals surface area contributed by atoms with Gasteiger partial charge in [0.25, 0.3) is 5.91 Å². The van der Waals surface area contributed by atoms with Crippen LogP contribution in [0.15, 0.2) is 49.6 Å². The van der Waals surface area contributed by atoms with Crippen LogP contribution in [0.25, 0.3) is 0 Å². The lowest BCUT2D eigenvalue weighted by Gasteiger charge is -2.37. The summed E-state index contributed by atoms with van der Waals surface area (Å²) in [6.45, 7) is 14.6. The van der Waals surface area contributed by atoms with E-state index in [1.807, 2.05) is 30.3 Å². The Balaban J connectivity index is 1.66. The second kappa shape index (κ2) is 16.2. The minimum atomic E-state index is -1.15. The highest BCUT2D eigenvalue weighted by atomic mass is 79.9. The zero-order chi connectivity index (χ0) is 32.6. The van der Waals surface area contributed by atoms with E-state index in [0.29, 0.717) is 37.9 Å². The molecule has 3 aliphatic rings. The third kappa shape index (κ3) is 7.18. The number of rotatable bonds is 19. The molecule has 3 fully saturated rings. The number of aliphatic hydroxyl groups is 1. The Morgan fingerprint density at radius 3 is 2.40 bits per heavy atom. The predicted octanol–water partition coefficient (Wildman–Crippen LogP) is 5.25. The first kappa shape index (κ1) is 35.2. The molecule has 1 spiro atoms. The molecule has 3 unspecified atom stereocenters. The number of unbranched alkanes of at least 4 members (excludes halogenated alkanes) is 5. The van der Waals surface area contributed by atoms with E-state index in [1.165, 1.54) is 0 Å². The minimum Gasteiger partial charge on any atom is -0.465 e. The van der Waals surface area contributed by atoms with Crippen molar-refractivity contribution in [1.82, 2.24) is 4.90 Å². The molecule has 10 heteroatoms. The van der Waals surface area contributed by atoms with Gasteiger partial charge in [-0.3, -0.25) is 14.4 Å². The molecule has 0 radical (unpaired) electrons. The summed E-state index contributed by atoms with van der Waals surface area (Å²) in [7, 11) is 0. The van der Waals surface area contributed by atoms with Gasteiger partial charge in [0, 0.05) is 49.0 Å².